The minimum absolute atomic E-state index is 0.151. The van der Waals surface area contributed by atoms with Crippen LogP contribution in [-0.4, -0.2) is 18.8 Å². The first kappa shape index (κ1) is 13.5. The molecule has 1 nitrogen and oxygen atoms in total. The van der Waals surface area contributed by atoms with Crippen molar-refractivity contribution < 1.29 is 13.2 Å². The minimum Gasteiger partial charge on any atom is -0.314 e. The van der Waals surface area contributed by atoms with Crippen molar-refractivity contribution in [3.63, 3.8) is 0 Å². The van der Waals surface area contributed by atoms with Crippen LogP contribution in [0.15, 0.2) is 17.5 Å². The predicted molar refractivity (Wildman–Crippen MR) is 60.8 cm³/mol. The summed E-state index contributed by atoms with van der Waals surface area (Å²) >= 11 is 1.67. The molecule has 0 fully saturated rings. The number of nitrogens with one attached hydrogen (secondary N) is 1. The lowest BCUT2D eigenvalue weighted by atomic mass is 10.2. The zero-order valence-electron chi connectivity index (χ0n) is 9.18. The lowest BCUT2D eigenvalue weighted by molar-refractivity contribution is -0.135. The summed E-state index contributed by atoms with van der Waals surface area (Å²) in [5.41, 5.74) is 0. The second kappa shape index (κ2) is 6.25. The van der Waals surface area contributed by atoms with Crippen molar-refractivity contribution in [2.45, 2.75) is 38.4 Å². The van der Waals surface area contributed by atoms with Gasteiger partial charge in [0.1, 0.15) is 0 Å². The quantitative estimate of drug-likeness (QED) is 0.762. The van der Waals surface area contributed by atoms with Crippen molar-refractivity contribution in [2.75, 3.05) is 6.54 Å². The van der Waals surface area contributed by atoms with Gasteiger partial charge in [-0.05, 0) is 37.8 Å². The van der Waals surface area contributed by atoms with Crippen LogP contribution in [0.1, 0.15) is 24.6 Å². The maximum atomic E-state index is 11.9. The first-order valence-corrected chi connectivity index (χ1v) is 6.18. The van der Waals surface area contributed by atoms with E-state index in [-0.39, 0.29) is 12.5 Å². The van der Waals surface area contributed by atoms with Crippen LogP contribution in [0.5, 0.6) is 0 Å². The van der Waals surface area contributed by atoms with Gasteiger partial charge in [0, 0.05) is 17.3 Å². The third-order valence-corrected chi connectivity index (χ3v) is 3.12. The van der Waals surface area contributed by atoms with Crippen LogP contribution >= 0.6 is 11.3 Å². The smallest absolute Gasteiger partial charge is 0.314 e. The molecule has 1 rings (SSSR count). The Bertz CT molecular complexity index is 282. The molecule has 1 aromatic rings. The van der Waals surface area contributed by atoms with E-state index >= 15 is 0 Å². The zero-order valence-corrected chi connectivity index (χ0v) is 10.00. The van der Waals surface area contributed by atoms with Gasteiger partial charge in [0.15, 0.2) is 0 Å². The topological polar surface area (TPSA) is 12.0 Å². The van der Waals surface area contributed by atoms with Crippen LogP contribution in [0, 0.1) is 0 Å². The molecular weight excluding hydrogens is 235 g/mol. The number of rotatable bonds is 6. The predicted octanol–water partition coefficient (Wildman–Crippen LogP) is 3.61. The average molecular weight is 251 g/mol. The van der Waals surface area contributed by atoms with Gasteiger partial charge in [0.2, 0.25) is 0 Å². The second-order valence-corrected chi connectivity index (χ2v) is 4.89. The molecule has 0 bridgehead atoms. The summed E-state index contributed by atoms with van der Waals surface area (Å²) in [6.07, 6.45) is -3.70. The van der Waals surface area contributed by atoms with Gasteiger partial charge in [-0.3, -0.25) is 0 Å². The molecule has 16 heavy (non-hydrogen) atoms. The van der Waals surface area contributed by atoms with Gasteiger partial charge in [-0.15, -0.1) is 11.3 Å². The summed E-state index contributed by atoms with van der Waals surface area (Å²) < 4.78 is 35.6. The van der Waals surface area contributed by atoms with Gasteiger partial charge in [0.05, 0.1) is 0 Å². The molecule has 1 N–H and O–H groups in total. The van der Waals surface area contributed by atoms with Crippen LogP contribution in [0.3, 0.4) is 0 Å². The fourth-order valence-electron chi connectivity index (χ4n) is 1.44. The molecule has 0 aliphatic carbocycles. The third kappa shape index (κ3) is 6.12. The lowest BCUT2D eigenvalue weighted by Crippen LogP contribution is -2.29. The van der Waals surface area contributed by atoms with E-state index in [0.29, 0.717) is 6.54 Å². The first-order valence-electron chi connectivity index (χ1n) is 5.30. The summed E-state index contributed by atoms with van der Waals surface area (Å²) in [5.74, 6) is 0. The van der Waals surface area contributed by atoms with Gasteiger partial charge in [-0.1, -0.05) is 6.07 Å². The van der Waals surface area contributed by atoms with Crippen LogP contribution in [0.4, 0.5) is 13.2 Å². The molecule has 0 aliphatic rings. The van der Waals surface area contributed by atoms with Crippen LogP contribution in [-0.2, 0) is 6.42 Å². The van der Waals surface area contributed by atoms with Gasteiger partial charge in [-0.25, -0.2) is 0 Å². The van der Waals surface area contributed by atoms with Crippen molar-refractivity contribution in [3.05, 3.63) is 22.4 Å². The molecule has 0 amide bonds. The number of thiophene rings is 1. The Morgan fingerprint density at radius 2 is 2.19 bits per heavy atom. The molecule has 0 radical (unpaired) electrons. The van der Waals surface area contributed by atoms with Crippen molar-refractivity contribution in [3.8, 4) is 0 Å². The highest BCUT2D eigenvalue weighted by molar-refractivity contribution is 7.09. The van der Waals surface area contributed by atoms with Crippen molar-refractivity contribution >= 4 is 11.3 Å². The fraction of sp³-hybridized carbons (Fsp3) is 0.636. The highest BCUT2D eigenvalue weighted by Gasteiger charge is 2.25. The number of alkyl halides is 3. The highest BCUT2D eigenvalue weighted by Crippen LogP contribution is 2.20. The van der Waals surface area contributed by atoms with Crippen molar-refractivity contribution in [1.82, 2.24) is 5.32 Å². The summed E-state index contributed by atoms with van der Waals surface area (Å²) in [7, 11) is 0. The molecular formula is C11H16F3NS. The Hall–Kier alpha value is -0.550. The standard InChI is InChI=1S/C11H16F3NS/c1-9(8-10-4-2-7-16-10)15-6-3-5-11(12,13)14/h2,4,7,9,15H,3,5-6,8H2,1H3. The van der Waals surface area contributed by atoms with Crippen molar-refractivity contribution in [1.29, 1.82) is 0 Å². The second-order valence-electron chi connectivity index (χ2n) is 3.86. The molecule has 5 heteroatoms. The molecule has 0 saturated heterocycles. The Kier molecular flexibility index (Phi) is 5.28. The Morgan fingerprint density at radius 1 is 1.44 bits per heavy atom. The molecule has 1 aromatic heterocycles. The number of halogens is 3. The lowest BCUT2D eigenvalue weighted by Gasteiger charge is -2.13. The first-order chi connectivity index (χ1) is 7.47. The van der Waals surface area contributed by atoms with Gasteiger partial charge >= 0.3 is 6.18 Å². The highest BCUT2D eigenvalue weighted by atomic mass is 32.1. The number of hydrogen-bond acceptors (Lipinski definition) is 2. The Labute approximate surface area is 97.7 Å². The largest absolute Gasteiger partial charge is 0.389 e. The molecule has 0 aliphatic heterocycles. The minimum atomic E-state index is -4.03. The Balaban J connectivity index is 2.09. The van der Waals surface area contributed by atoms with E-state index in [0.717, 1.165) is 6.42 Å². The van der Waals surface area contributed by atoms with E-state index < -0.39 is 12.6 Å². The van der Waals surface area contributed by atoms with E-state index in [1.54, 1.807) is 11.3 Å². The van der Waals surface area contributed by atoms with Crippen LogP contribution in [0.2, 0.25) is 0 Å². The van der Waals surface area contributed by atoms with E-state index in [2.05, 4.69) is 5.32 Å². The van der Waals surface area contributed by atoms with E-state index in [1.165, 1.54) is 4.88 Å². The van der Waals surface area contributed by atoms with Gasteiger partial charge < -0.3 is 5.32 Å². The van der Waals surface area contributed by atoms with Crippen molar-refractivity contribution in [2.24, 2.45) is 0 Å². The summed E-state index contributed by atoms with van der Waals surface area (Å²) in [6, 6.07) is 4.25. The van der Waals surface area contributed by atoms with Crippen LogP contribution in [0.25, 0.3) is 0 Å². The van der Waals surface area contributed by atoms with E-state index in [9.17, 15) is 13.2 Å². The summed E-state index contributed by atoms with van der Waals surface area (Å²) in [4.78, 5) is 1.26. The number of hydrogen-bond donors (Lipinski definition) is 1. The summed E-state index contributed by atoms with van der Waals surface area (Å²) in [5, 5.41) is 5.11. The zero-order chi connectivity index (χ0) is 12.0. The molecule has 1 heterocycles. The SMILES string of the molecule is CC(Cc1cccs1)NCCCC(F)(F)F. The normalized spacial score (nSPS) is 14.0. The van der Waals surface area contributed by atoms with E-state index in [4.69, 9.17) is 0 Å². The maximum absolute atomic E-state index is 11.9. The third-order valence-electron chi connectivity index (χ3n) is 2.22. The monoisotopic (exact) mass is 251 g/mol. The van der Waals surface area contributed by atoms with Crippen LogP contribution < -0.4 is 5.32 Å². The molecule has 0 spiro atoms. The molecule has 92 valence electrons. The Morgan fingerprint density at radius 3 is 2.75 bits per heavy atom. The van der Waals surface area contributed by atoms with E-state index in [1.807, 2.05) is 24.4 Å². The fourth-order valence-corrected chi connectivity index (χ4v) is 2.28. The molecule has 1 unspecified atom stereocenters. The molecule has 1 atom stereocenters. The molecule has 0 aromatic carbocycles. The van der Waals surface area contributed by atoms with Gasteiger partial charge in [0.25, 0.3) is 0 Å². The average Bonchev–Trinajstić information content (AvgIpc) is 2.63. The molecule has 0 saturated carbocycles. The maximum Gasteiger partial charge on any atom is 0.389 e. The van der Waals surface area contributed by atoms with Gasteiger partial charge in [-0.2, -0.15) is 13.2 Å². The summed E-state index contributed by atoms with van der Waals surface area (Å²) in [6.45, 7) is 2.42.